The summed E-state index contributed by atoms with van der Waals surface area (Å²) in [6, 6.07) is 7.84. The minimum atomic E-state index is -0.402. The number of halogens is 1. The van der Waals surface area contributed by atoms with Crippen molar-refractivity contribution >= 4 is 21.8 Å². The Hall–Kier alpha value is -0.870. The Morgan fingerprint density at radius 1 is 1.44 bits per heavy atom. The highest BCUT2D eigenvalue weighted by molar-refractivity contribution is 9.10. The molecule has 3 nitrogen and oxygen atoms in total. The average molecular weight is 284 g/mol. The number of carbonyl (C=O) groups is 1. The van der Waals surface area contributed by atoms with Crippen molar-refractivity contribution < 1.29 is 9.63 Å². The number of amides is 1. The second kappa shape index (κ2) is 4.18. The van der Waals surface area contributed by atoms with Crippen LogP contribution in [0.25, 0.3) is 0 Å². The molecule has 0 radical (unpaired) electrons. The monoisotopic (exact) mass is 283 g/mol. The number of benzene rings is 1. The van der Waals surface area contributed by atoms with E-state index in [9.17, 15) is 4.79 Å². The number of rotatable bonds is 2. The van der Waals surface area contributed by atoms with Crippen LogP contribution in [0.1, 0.15) is 19.4 Å². The van der Waals surface area contributed by atoms with Crippen LogP contribution in [-0.4, -0.2) is 17.6 Å². The molecule has 0 aromatic heterocycles. The van der Waals surface area contributed by atoms with E-state index in [4.69, 9.17) is 4.84 Å². The molecule has 1 amide bonds. The highest BCUT2D eigenvalue weighted by Crippen LogP contribution is 2.29. The molecule has 0 spiro atoms. The van der Waals surface area contributed by atoms with Crippen molar-refractivity contribution in [2.75, 3.05) is 6.61 Å². The lowest BCUT2D eigenvalue weighted by Crippen LogP contribution is -2.30. The summed E-state index contributed by atoms with van der Waals surface area (Å²) in [6.45, 7) is 4.74. The maximum atomic E-state index is 11.9. The topological polar surface area (TPSA) is 29.5 Å². The molecule has 1 heterocycles. The molecular weight excluding hydrogens is 270 g/mol. The van der Waals surface area contributed by atoms with Crippen molar-refractivity contribution in [3.63, 3.8) is 0 Å². The van der Waals surface area contributed by atoms with Gasteiger partial charge in [-0.25, -0.2) is 5.06 Å². The van der Waals surface area contributed by atoms with Gasteiger partial charge in [-0.3, -0.25) is 9.63 Å². The smallest absolute Gasteiger partial charge is 0.254 e. The lowest BCUT2D eigenvalue weighted by molar-refractivity contribution is -0.165. The standard InChI is InChI=1S/C12H14BrNO2/c1-12(2)8-16-14(11(12)15)7-9-5-3-4-6-10(9)13/h3-6H,7-8H2,1-2H3. The van der Waals surface area contributed by atoms with Gasteiger partial charge >= 0.3 is 0 Å². The van der Waals surface area contributed by atoms with Crippen LogP contribution >= 0.6 is 15.9 Å². The van der Waals surface area contributed by atoms with Gasteiger partial charge in [-0.05, 0) is 25.5 Å². The third kappa shape index (κ3) is 2.13. The van der Waals surface area contributed by atoms with Gasteiger partial charge in [-0.2, -0.15) is 0 Å². The average Bonchev–Trinajstić information content (AvgIpc) is 2.49. The number of nitrogens with zero attached hydrogens (tertiary/aromatic N) is 1. The lowest BCUT2D eigenvalue weighted by atomic mass is 9.95. The fourth-order valence-electron chi connectivity index (χ4n) is 1.60. The molecule has 2 rings (SSSR count). The number of hydrogen-bond donors (Lipinski definition) is 0. The van der Waals surface area contributed by atoms with E-state index in [2.05, 4.69) is 15.9 Å². The Balaban J connectivity index is 2.13. The van der Waals surface area contributed by atoms with E-state index in [0.717, 1.165) is 10.0 Å². The van der Waals surface area contributed by atoms with Gasteiger partial charge in [0.2, 0.25) is 0 Å². The summed E-state index contributed by atoms with van der Waals surface area (Å²) < 4.78 is 0.996. The summed E-state index contributed by atoms with van der Waals surface area (Å²) in [7, 11) is 0. The van der Waals surface area contributed by atoms with E-state index in [1.165, 1.54) is 5.06 Å². The molecule has 0 unspecified atom stereocenters. The van der Waals surface area contributed by atoms with E-state index >= 15 is 0 Å². The fraction of sp³-hybridized carbons (Fsp3) is 0.417. The van der Waals surface area contributed by atoms with Gasteiger partial charge in [-0.1, -0.05) is 34.1 Å². The predicted octanol–water partition coefficient (Wildman–Crippen LogP) is 2.75. The third-order valence-electron chi connectivity index (χ3n) is 2.66. The minimum absolute atomic E-state index is 0.0447. The zero-order chi connectivity index (χ0) is 11.8. The van der Waals surface area contributed by atoms with Crippen LogP contribution in [0, 0.1) is 5.41 Å². The summed E-state index contributed by atoms with van der Waals surface area (Å²) in [6.07, 6.45) is 0. The van der Waals surface area contributed by atoms with Crippen molar-refractivity contribution in [1.82, 2.24) is 5.06 Å². The minimum Gasteiger partial charge on any atom is -0.272 e. The van der Waals surface area contributed by atoms with Crippen LogP contribution in [0.3, 0.4) is 0 Å². The van der Waals surface area contributed by atoms with Gasteiger partial charge in [0.1, 0.15) is 0 Å². The molecule has 86 valence electrons. The van der Waals surface area contributed by atoms with Gasteiger partial charge < -0.3 is 0 Å². The molecule has 0 aliphatic carbocycles. The molecule has 0 saturated carbocycles. The Labute approximate surface area is 103 Å². The first-order valence-corrected chi connectivity index (χ1v) is 5.98. The van der Waals surface area contributed by atoms with Crippen molar-refractivity contribution in [1.29, 1.82) is 0 Å². The largest absolute Gasteiger partial charge is 0.272 e. The highest BCUT2D eigenvalue weighted by Gasteiger charge is 2.40. The summed E-state index contributed by atoms with van der Waals surface area (Å²) in [4.78, 5) is 17.3. The van der Waals surface area contributed by atoms with Gasteiger partial charge in [0, 0.05) is 4.47 Å². The summed E-state index contributed by atoms with van der Waals surface area (Å²) in [5.41, 5.74) is 0.648. The van der Waals surface area contributed by atoms with Crippen molar-refractivity contribution in [3.8, 4) is 0 Å². The first-order chi connectivity index (χ1) is 7.50. The normalized spacial score (nSPS) is 19.2. The molecule has 0 atom stereocenters. The van der Waals surface area contributed by atoms with Gasteiger partial charge in [0.05, 0.1) is 18.6 Å². The van der Waals surface area contributed by atoms with Gasteiger partial charge in [0.15, 0.2) is 0 Å². The first-order valence-electron chi connectivity index (χ1n) is 5.19. The van der Waals surface area contributed by atoms with Gasteiger partial charge in [0.25, 0.3) is 5.91 Å². The Morgan fingerprint density at radius 3 is 2.69 bits per heavy atom. The van der Waals surface area contributed by atoms with E-state index in [1.54, 1.807) is 0 Å². The van der Waals surface area contributed by atoms with E-state index in [-0.39, 0.29) is 5.91 Å². The molecule has 1 aromatic rings. The van der Waals surface area contributed by atoms with Crippen LogP contribution in [0.4, 0.5) is 0 Å². The molecule has 4 heteroatoms. The Kier molecular flexibility index (Phi) is 3.04. The van der Waals surface area contributed by atoms with Crippen LogP contribution in [-0.2, 0) is 16.2 Å². The molecule has 1 aromatic carbocycles. The first kappa shape index (κ1) is 11.6. The van der Waals surface area contributed by atoms with E-state index in [0.29, 0.717) is 13.2 Å². The van der Waals surface area contributed by atoms with E-state index < -0.39 is 5.41 Å². The highest BCUT2D eigenvalue weighted by atomic mass is 79.9. The summed E-state index contributed by atoms with van der Waals surface area (Å²) in [5, 5.41) is 1.44. The molecule has 1 aliphatic heterocycles. The quantitative estimate of drug-likeness (QED) is 0.835. The maximum Gasteiger partial charge on any atom is 0.254 e. The Bertz CT molecular complexity index is 417. The lowest BCUT2D eigenvalue weighted by Gasteiger charge is -2.17. The molecule has 1 saturated heterocycles. The Morgan fingerprint density at radius 2 is 2.12 bits per heavy atom. The predicted molar refractivity (Wildman–Crippen MR) is 64.4 cm³/mol. The van der Waals surface area contributed by atoms with Crippen molar-refractivity contribution in [2.45, 2.75) is 20.4 Å². The molecule has 0 bridgehead atoms. The zero-order valence-corrected chi connectivity index (χ0v) is 11.0. The molecule has 16 heavy (non-hydrogen) atoms. The molecular formula is C12H14BrNO2. The van der Waals surface area contributed by atoms with Crippen LogP contribution in [0.5, 0.6) is 0 Å². The summed E-state index contributed by atoms with van der Waals surface area (Å²) >= 11 is 3.46. The molecule has 1 aliphatic rings. The van der Waals surface area contributed by atoms with E-state index in [1.807, 2.05) is 38.1 Å². The van der Waals surface area contributed by atoms with Crippen molar-refractivity contribution in [3.05, 3.63) is 34.3 Å². The van der Waals surface area contributed by atoms with Gasteiger partial charge in [-0.15, -0.1) is 0 Å². The van der Waals surface area contributed by atoms with Crippen LogP contribution < -0.4 is 0 Å². The van der Waals surface area contributed by atoms with Crippen LogP contribution in [0.2, 0.25) is 0 Å². The molecule has 0 N–H and O–H groups in total. The van der Waals surface area contributed by atoms with Crippen molar-refractivity contribution in [2.24, 2.45) is 5.41 Å². The molecule has 1 fully saturated rings. The zero-order valence-electron chi connectivity index (χ0n) is 9.37. The second-order valence-electron chi connectivity index (χ2n) is 4.59. The third-order valence-corrected chi connectivity index (χ3v) is 3.43. The number of hydroxylamine groups is 2. The maximum absolute atomic E-state index is 11.9. The summed E-state index contributed by atoms with van der Waals surface area (Å²) in [5.74, 6) is 0.0447. The SMILES string of the molecule is CC1(C)CON(Cc2ccccc2Br)C1=O. The second-order valence-corrected chi connectivity index (χ2v) is 5.44. The van der Waals surface area contributed by atoms with Crippen LogP contribution in [0.15, 0.2) is 28.7 Å². The number of hydrogen-bond acceptors (Lipinski definition) is 2. The number of carbonyl (C=O) groups excluding carboxylic acids is 1. The fourth-order valence-corrected chi connectivity index (χ4v) is 2.01.